The van der Waals surface area contributed by atoms with Gasteiger partial charge in [-0.2, -0.15) is 0 Å². The Hall–Kier alpha value is -1.84. The third-order valence-electron chi connectivity index (χ3n) is 4.70. The zero-order valence-corrected chi connectivity index (χ0v) is 12.5. The molecule has 112 valence electrons. The van der Waals surface area contributed by atoms with Crippen LogP contribution in [0.4, 0.5) is 5.69 Å². The summed E-state index contributed by atoms with van der Waals surface area (Å²) < 4.78 is 0. The summed E-state index contributed by atoms with van der Waals surface area (Å²) >= 11 is 0. The Labute approximate surface area is 125 Å². The van der Waals surface area contributed by atoms with Crippen LogP contribution in [0, 0.1) is 12.8 Å². The van der Waals surface area contributed by atoms with Crippen molar-refractivity contribution in [3.63, 3.8) is 0 Å². The summed E-state index contributed by atoms with van der Waals surface area (Å²) in [7, 11) is 0. The lowest BCUT2D eigenvalue weighted by molar-refractivity contribution is -0.129. The highest BCUT2D eigenvalue weighted by Crippen LogP contribution is 2.30. The molecule has 0 radical (unpaired) electrons. The van der Waals surface area contributed by atoms with Gasteiger partial charge in [-0.1, -0.05) is 31.0 Å². The second kappa shape index (κ2) is 5.88. The Morgan fingerprint density at radius 1 is 1.24 bits per heavy atom. The number of para-hydroxylation sites is 1. The van der Waals surface area contributed by atoms with Crippen LogP contribution >= 0.6 is 0 Å². The second-order valence-electron chi connectivity index (χ2n) is 6.19. The Bertz CT molecular complexity index is 549. The topological polar surface area (TPSA) is 49.4 Å². The van der Waals surface area contributed by atoms with E-state index in [4.69, 9.17) is 0 Å². The molecular weight excluding hydrogens is 264 g/mol. The van der Waals surface area contributed by atoms with Crippen molar-refractivity contribution in [1.29, 1.82) is 0 Å². The molecule has 2 fully saturated rings. The van der Waals surface area contributed by atoms with Gasteiger partial charge in [0.05, 0.1) is 5.92 Å². The smallest absolute Gasteiger partial charge is 0.229 e. The van der Waals surface area contributed by atoms with Crippen molar-refractivity contribution in [2.45, 2.75) is 45.1 Å². The lowest BCUT2D eigenvalue weighted by Crippen LogP contribution is -2.35. The molecule has 4 nitrogen and oxygen atoms in total. The average Bonchev–Trinajstić information content (AvgIpc) is 3.10. The first-order valence-corrected chi connectivity index (χ1v) is 7.81. The van der Waals surface area contributed by atoms with Crippen LogP contribution in [0.5, 0.6) is 0 Å². The molecule has 0 bridgehead atoms. The number of anilines is 1. The van der Waals surface area contributed by atoms with E-state index in [1.165, 1.54) is 12.8 Å². The van der Waals surface area contributed by atoms with Crippen LogP contribution in [0.2, 0.25) is 0 Å². The summed E-state index contributed by atoms with van der Waals surface area (Å²) in [6, 6.07) is 8.10. The quantitative estimate of drug-likeness (QED) is 0.929. The van der Waals surface area contributed by atoms with Gasteiger partial charge in [0, 0.05) is 24.7 Å². The maximum Gasteiger partial charge on any atom is 0.229 e. The summed E-state index contributed by atoms with van der Waals surface area (Å²) in [6.07, 6.45) is 4.95. The minimum absolute atomic E-state index is 0.0295. The molecule has 21 heavy (non-hydrogen) atoms. The Morgan fingerprint density at radius 3 is 2.67 bits per heavy atom. The molecule has 0 aromatic heterocycles. The summed E-state index contributed by atoms with van der Waals surface area (Å²) in [5.41, 5.74) is 1.89. The highest BCUT2D eigenvalue weighted by atomic mass is 16.2. The van der Waals surface area contributed by atoms with Gasteiger partial charge >= 0.3 is 0 Å². The number of carbonyl (C=O) groups is 2. The standard InChI is InChI=1S/C17H22N2O2/c1-12-6-2-5-9-15(12)18-17(21)13-10-16(20)19(11-13)14-7-3-4-8-14/h2,5-6,9,13-14H,3-4,7-8,10-11H2,1H3,(H,18,21)/t13-/m0/s1. The molecule has 4 heteroatoms. The van der Waals surface area contributed by atoms with Crippen molar-refractivity contribution in [2.24, 2.45) is 5.92 Å². The molecule has 1 aliphatic heterocycles. The average molecular weight is 286 g/mol. The number of rotatable bonds is 3. The molecule has 1 aromatic rings. The fourth-order valence-electron chi connectivity index (χ4n) is 3.42. The summed E-state index contributed by atoms with van der Waals surface area (Å²) in [5, 5.41) is 2.97. The zero-order chi connectivity index (χ0) is 14.8. The summed E-state index contributed by atoms with van der Waals surface area (Å²) in [6.45, 7) is 2.56. The van der Waals surface area contributed by atoms with E-state index in [2.05, 4.69) is 5.32 Å². The zero-order valence-electron chi connectivity index (χ0n) is 12.5. The van der Waals surface area contributed by atoms with E-state index in [9.17, 15) is 9.59 Å². The van der Waals surface area contributed by atoms with E-state index >= 15 is 0 Å². The first kappa shape index (κ1) is 14.1. The van der Waals surface area contributed by atoms with Crippen LogP contribution in [0.1, 0.15) is 37.7 Å². The SMILES string of the molecule is Cc1ccccc1NC(=O)[C@H]1CC(=O)N(C2CCCC2)C1. The van der Waals surface area contributed by atoms with Crippen molar-refractivity contribution in [1.82, 2.24) is 4.90 Å². The van der Waals surface area contributed by atoms with Crippen molar-refractivity contribution in [2.75, 3.05) is 11.9 Å². The van der Waals surface area contributed by atoms with Crippen LogP contribution in [0.15, 0.2) is 24.3 Å². The summed E-state index contributed by atoms with van der Waals surface area (Å²) in [5.74, 6) is -0.0947. The Kier molecular flexibility index (Phi) is 3.95. The van der Waals surface area contributed by atoms with Gasteiger partial charge in [-0.3, -0.25) is 9.59 Å². The molecule has 0 spiro atoms. The van der Waals surface area contributed by atoms with Gasteiger partial charge in [-0.15, -0.1) is 0 Å². The van der Waals surface area contributed by atoms with Crippen molar-refractivity contribution < 1.29 is 9.59 Å². The molecule has 1 saturated heterocycles. The minimum Gasteiger partial charge on any atom is -0.339 e. The van der Waals surface area contributed by atoms with Crippen LogP contribution in [-0.2, 0) is 9.59 Å². The minimum atomic E-state index is -0.210. The van der Waals surface area contributed by atoms with Crippen molar-refractivity contribution >= 4 is 17.5 Å². The summed E-state index contributed by atoms with van der Waals surface area (Å²) in [4.78, 5) is 26.5. The second-order valence-corrected chi connectivity index (χ2v) is 6.19. The molecule has 1 N–H and O–H groups in total. The van der Waals surface area contributed by atoms with Gasteiger partial charge in [-0.25, -0.2) is 0 Å². The maximum absolute atomic E-state index is 12.4. The van der Waals surface area contributed by atoms with Crippen LogP contribution in [-0.4, -0.2) is 29.3 Å². The maximum atomic E-state index is 12.4. The highest BCUT2D eigenvalue weighted by molar-refractivity contribution is 5.97. The monoisotopic (exact) mass is 286 g/mol. The predicted molar refractivity (Wildman–Crippen MR) is 81.9 cm³/mol. The first-order valence-electron chi connectivity index (χ1n) is 7.81. The van der Waals surface area contributed by atoms with E-state index in [0.717, 1.165) is 24.1 Å². The highest BCUT2D eigenvalue weighted by Gasteiger charge is 2.38. The van der Waals surface area contributed by atoms with Gasteiger partial charge in [0.15, 0.2) is 0 Å². The number of nitrogens with one attached hydrogen (secondary N) is 1. The number of hydrogen-bond donors (Lipinski definition) is 1. The molecule has 3 rings (SSSR count). The number of aryl methyl sites for hydroxylation is 1. The van der Waals surface area contributed by atoms with Gasteiger partial charge in [-0.05, 0) is 31.4 Å². The fourth-order valence-corrected chi connectivity index (χ4v) is 3.42. The van der Waals surface area contributed by atoms with Crippen LogP contribution in [0.3, 0.4) is 0 Å². The van der Waals surface area contributed by atoms with Gasteiger partial charge in [0.2, 0.25) is 11.8 Å². The van der Waals surface area contributed by atoms with Crippen molar-refractivity contribution in [3.05, 3.63) is 29.8 Å². The lowest BCUT2D eigenvalue weighted by atomic mass is 10.1. The molecule has 0 unspecified atom stereocenters. The molecule has 1 aromatic carbocycles. The van der Waals surface area contributed by atoms with Gasteiger partial charge < -0.3 is 10.2 Å². The number of benzene rings is 1. The molecule has 2 amide bonds. The lowest BCUT2D eigenvalue weighted by Gasteiger charge is -2.23. The van der Waals surface area contributed by atoms with Gasteiger partial charge in [0.25, 0.3) is 0 Å². The number of likely N-dealkylation sites (tertiary alicyclic amines) is 1. The largest absolute Gasteiger partial charge is 0.339 e. The number of amides is 2. The molecule has 2 aliphatic rings. The van der Waals surface area contributed by atoms with E-state index in [0.29, 0.717) is 19.0 Å². The van der Waals surface area contributed by atoms with E-state index < -0.39 is 0 Å². The molecular formula is C17H22N2O2. The number of hydrogen-bond acceptors (Lipinski definition) is 2. The Balaban J connectivity index is 1.64. The fraction of sp³-hybridized carbons (Fsp3) is 0.529. The van der Waals surface area contributed by atoms with Gasteiger partial charge in [0.1, 0.15) is 0 Å². The first-order chi connectivity index (χ1) is 10.1. The van der Waals surface area contributed by atoms with E-state index in [1.54, 1.807) is 0 Å². The van der Waals surface area contributed by atoms with E-state index in [1.807, 2.05) is 36.1 Å². The third-order valence-corrected chi connectivity index (χ3v) is 4.70. The molecule has 1 atom stereocenters. The normalized spacial score (nSPS) is 22.8. The van der Waals surface area contributed by atoms with Crippen LogP contribution < -0.4 is 5.32 Å². The number of nitrogens with zero attached hydrogens (tertiary/aromatic N) is 1. The molecule has 1 aliphatic carbocycles. The molecule has 1 heterocycles. The third kappa shape index (κ3) is 2.94. The Morgan fingerprint density at radius 2 is 1.95 bits per heavy atom. The van der Waals surface area contributed by atoms with Crippen molar-refractivity contribution in [3.8, 4) is 0 Å². The van der Waals surface area contributed by atoms with Crippen LogP contribution in [0.25, 0.3) is 0 Å². The van der Waals surface area contributed by atoms with E-state index in [-0.39, 0.29) is 17.7 Å². The molecule has 1 saturated carbocycles. The number of carbonyl (C=O) groups excluding carboxylic acids is 2. The predicted octanol–water partition coefficient (Wildman–Crippen LogP) is 2.72.